The maximum Gasteiger partial charge on any atom is 0.530 e. The van der Waals surface area contributed by atoms with E-state index in [0.29, 0.717) is 5.56 Å². The van der Waals surface area contributed by atoms with Gasteiger partial charge in [-0.05, 0) is 18.5 Å². The van der Waals surface area contributed by atoms with E-state index in [1.807, 2.05) is 0 Å². The SMILES string of the molecule is Cc1cn([C@H]2C[C@H](N=[N+]=[N-])[C@@H](COP3(=O)OCc4cc([N+](=O)[O-])ccc4O3)O2)c(=O)[nH]c1=O. The molecule has 174 valence electrons. The van der Waals surface area contributed by atoms with Crippen LogP contribution >= 0.6 is 7.82 Å². The smallest absolute Gasteiger partial charge is 0.404 e. The largest absolute Gasteiger partial charge is 0.530 e. The lowest BCUT2D eigenvalue weighted by atomic mass is 10.1. The maximum absolute atomic E-state index is 12.9. The summed E-state index contributed by atoms with van der Waals surface area (Å²) >= 11 is 0. The van der Waals surface area contributed by atoms with Crippen molar-refractivity contribution in [3.63, 3.8) is 0 Å². The quantitative estimate of drug-likeness (QED) is 0.161. The number of ether oxygens (including phenoxy) is 1. The summed E-state index contributed by atoms with van der Waals surface area (Å²) in [7, 11) is -4.10. The Labute approximate surface area is 184 Å². The van der Waals surface area contributed by atoms with Gasteiger partial charge in [0.25, 0.3) is 11.2 Å². The molecule has 2 aliphatic heterocycles. The van der Waals surface area contributed by atoms with Crippen molar-refractivity contribution < 1.29 is 27.8 Å². The highest BCUT2D eigenvalue weighted by Crippen LogP contribution is 2.55. The first-order chi connectivity index (χ1) is 15.7. The number of hydrogen-bond acceptors (Lipinski definition) is 10. The third kappa shape index (κ3) is 4.67. The number of non-ortho nitro benzene ring substituents is 1. The second-order valence-corrected chi connectivity index (χ2v) is 8.87. The Morgan fingerprint density at radius 3 is 2.97 bits per heavy atom. The van der Waals surface area contributed by atoms with Gasteiger partial charge in [-0.1, -0.05) is 5.11 Å². The number of rotatable bonds is 6. The van der Waals surface area contributed by atoms with Gasteiger partial charge in [0, 0.05) is 40.8 Å². The van der Waals surface area contributed by atoms with Gasteiger partial charge in [-0.2, -0.15) is 0 Å². The van der Waals surface area contributed by atoms with Crippen LogP contribution < -0.4 is 15.8 Å². The molecule has 0 bridgehead atoms. The summed E-state index contributed by atoms with van der Waals surface area (Å²) in [6.07, 6.45) is -0.343. The average Bonchev–Trinajstić information content (AvgIpc) is 3.17. The second-order valence-electron chi connectivity index (χ2n) is 7.27. The van der Waals surface area contributed by atoms with E-state index in [2.05, 4.69) is 15.0 Å². The number of phosphoric ester groups is 1. The molecular weight excluding hydrogens is 463 g/mol. The number of aryl methyl sites for hydroxylation is 1. The topological polar surface area (TPSA) is 201 Å². The molecule has 3 heterocycles. The van der Waals surface area contributed by atoms with Gasteiger partial charge in [-0.3, -0.25) is 33.5 Å². The zero-order chi connectivity index (χ0) is 23.8. The van der Waals surface area contributed by atoms with Crippen LogP contribution in [0.4, 0.5) is 5.69 Å². The maximum atomic E-state index is 12.9. The zero-order valence-electron chi connectivity index (χ0n) is 17.0. The highest BCUT2D eigenvalue weighted by Gasteiger charge is 2.41. The van der Waals surface area contributed by atoms with Crippen molar-refractivity contribution in [3.8, 4) is 5.75 Å². The molecular formula is C17H17N6O9P. The number of benzene rings is 1. The first-order valence-electron chi connectivity index (χ1n) is 9.57. The van der Waals surface area contributed by atoms with E-state index in [0.717, 1.165) is 4.57 Å². The lowest BCUT2D eigenvalue weighted by molar-refractivity contribution is -0.385. The van der Waals surface area contributed by atoms with Crippen LogP contribution in [0.1, 0.15) is 23.8 Å². The fourth-order valence-electron chi connectivity index (χ4n) is 3.43. The van der Waals surface area contributed by atoms with E-state index in [9.17, 15) is 24.3 Å². The number of nitrogens with zero attached hydrogens (tertiary/aromatic N) is 5. The van der Waals surface area contributed by atoms with Crippen molar-refractivity contribution in [2.45, 2.75) is 38.3 Å². The van der Waals surface area contributed by atoms with E-state index in [-0.39, 0.29) is 36.6 Å². The van der Waals surface area contributed by atoms with Crippen LogP contribution in [0.25, 0.3) is 10.4 Å². The van der Waals surface area contributed by atoms with Crippen LogP contribution in [0.3, 0.4) is 0 Å². The van der Waals surface area contributed by atoms with Crippen LogP contribution in [-0.4, -0.2) is 33.2 Å². The van der Waals surface area contributed by atoms with Gasteiger partial charge in [0.2, 0.25) is 0 Å². The highest BCUT2D eigenvalue weighted by molar-refractivity contribution is 7.49. The third-order valence-electron chi connectivity index (χ3n) is 5.10. The molecule has 1 fully saturated rings. The molecule has 0 aliphatic carbocycles. The molecule has 0 radical (unpaired) electrons. The van der Waals surface area contributed by atoms with Crippen molar-refractivity contribution in [3.05, 3.63) is 76.9 Å². The number of nitro groups is 1. The normalized spacial score (nSPS) is 26.2. The molecule has 4 atom stereocenters. The number of hydrogen-bond donors (Lipinski definition) is 1. The first kappa shape index (κ1) is 22.7. The Hall–Kier alpha value is -3.48. The second kappa shape index (κ2) is 8.81. The van der Waals surface area contributed by atoms with Gasteiger partial charge in [0.15, 0.2) is 0 Å². The van der Waals surface area contributed by atoms with Crippen LogP contribution in [0.2, 0.25) is 0 Å². The lowest BCUT2D eigenvalue weighted by Crippen LogP contribution is -2.33. The van der Waals surface area contributed by atoms with Crippen molar-refractivity contribution in [1.29, 1.82) is 0 Å². The number of aromatic amines is 1. The van der Waals surface area contributed by atoms with Crippen molar-refractivity contribution >= 4 is 13.5 Å². The molecule has 16 heteroatoms. The predicted molar refractivity (Wildman–Crippen MR) is 110 cm³/mol. The van der Waals surface area contributed by atoms with Crippen LogP contribution in [-0.2, 0) is 25.0 Å². The predicted octanol–water partition coefficient (Wildman–Crippen LogP) is 2.45. The van der Waals surface area contributed by atoms with E-state index < -0.39 is 42.4 Å². The fourth-order valence-corrected chi connectivity index (χ4v) is 4.65. The molecule has 1 N–H and O–H groups in total. The Balaban J connectivity index is 1.48. The summed E-state index contributed by atoms with van der Waals surface area (Å²) in [5.74, 6) is 0.113. The van der Waals surface area contributed by atoms with E-state index in [1.54, 1.807) is 0 Å². The number of nitro benzene ring substituents is 1. The number of nitrogens with one attached hydrogen (secondary N) is 1. The van der Waals surface area contributed by atoms with Crippen molar-refractivity contribution in [1.82, 2.24) is 9.55 Å². The van der Waals surface area contributed by atoms with Crippen LogP contribution in [0.5, 0.6) is 5.75 Å². The summed E-state index contributed by atoms with van der Waals surface area (Å²) in [5.41, 5.74) is 8.08. The Kier molecular flexibility index (Phi) is 6.06. The summed E-state index contributed by atoms with van der Waals surface area (Å²) in [6, 6.07) is 2.96. The van der Waals surface area contributed by atoms with Gasteiger partial charge >= 0.3 is 13.5 Å². The molecule has 0 spiro atoms. The van der Waals surface area contributed by atoms with E-state index in [1.165, 1.54) is 31.3 Å². The number of phosphoric acid groups is 1. The lowest BCUT2D eigenvalue weighted by Gasteiger charge is -2.26. The van der Waals surface area contributed by atoms with Crippen molar-refractivity contribution in [2.24, 2.45) is 5.11 Å². The molecule has 0 amide bonds. The molecule has 1 unspecified atom stereocenters. The van der Waals surface area contributed by atoms with Gasteiger partial charge < -0.3 is 9.26 Å². The number of H-pyrrole nitrogens is 1. The van der Waals surface area contributed by atoms with Gasteiger partial charge in [0.1, 0.15) is 12.0 Å². The van der Waals surface area contributed by atoms with Crippen LogP contribution in [0, 0.1) is 17.0 Å². The fraction of sp³-hybridized carbons (Fsp3) is 0.412. The minimum absolute atomic E-state index is 0.0992. The standard InChI is InChI=1S/C17H17N6O9P/c1-9-6-22(17(25)19-16(9)24)15-5-12(20-21-18)14(31-15)8-30-33(28)29-7-10-4-11(23(26)27)2-3-13(10)32-33/h2-4,6,12,14-15H,5,7-8H2,1H3,(H,19,24,25)/t12-,14+,15+,33?/m0/s1. The Morgan fingerprint density at radius 1 is 1.45 bits per heavy atom. The van der Waals surface area contributed by atoms with Crippen LogP contribution in [0.15, 0.2) is 39.1 Å². The molecule has 4 rings (SSSR count). The van der Waals surface area contributed by atoms with Gasteiger partial charge in [-0.15, -0.1) is 0 Å². The van der Waals surface area contributed by atoms with E-state index >= 15 is 0 Å². The molecule has 1 aromatic carbocycles. The minimum Gasteiger partial charge on any atom is -0.404 e. The van der Waals surface area contributed by atoms with Gasteiger partial charge in [0.05, 0.1) is 30.3 Å². The average molecular weight is 480 g/mol. The molecule has 0 saturated carbocycles. The summed E-state index contributed by atoms with van der Waals surface area (Å²) in [5, 5.41) is 14.5. The minimum atomic E-state index is -4.10. The molecule has 1 aromatic heterocycles. The number of fused-ring (bicyclic) bond motifs is 1. The Morgan fingerprint density at radius 2 is 2.24 bits per heavy atom. The van der Waals surface area contributed by atoms with Crippen molar-refractivity contribution in [2.75, 3.05) is 6.61 Å². The molecule has 15 nitrogen and oxygen atoms in total. The monoisotopic (exact) mass is 480 g/mol. The number of azide groups is 1. The number of aromatic nitrogens is 2. The highest BCUT2D eigenvalue weighted by atomic mass is 31.2. The van der Waals surface area contributed by atoms with Gasteiger partial charge in [-0.25, -0.2) is 9.36 Å². The summed E-state index contributed by atoms with van der Waals surface area (Å²) < 4.78 is 35.6. The zero-order valence-corrected chi connectivity index (χ0v) is 17.9. The molecule has 2 aromatic rings. The van der Waals surface area contributed by atoms with E-state index in [4.69, 9.17) is 23.8 Å². The molecule has 2 aliphatic rings. The molecule has 1 saturated heterocycles. The Bertz CT molecular complexity index is 1320. The third-order valence-corrected chi connectivity index (χ3v) is 6.43. The summed E-state index contributed by atoms with van der Waals surface area (Å²) in [4.78, 5) is 39.0. The first-order valence-corrected chi connectivity index (χ1v) is 11.0. The summed E-state index contributed by atoms with van der Waals surface area (Å²) in [6.45, 7) is 0.913. The molecule has 33 heavy (non-hydrogen) atoms.